The van der Waals surface area contributed by atoms with Gasteiger partial charge in [0.1, 0.15) is 22.9 Å². The number of hydrogen-bond donors (Lipinski definition) is 0. The lowest BCUT2D eigenvalue weighted by Crippen LogP contribution is -2.36. The van der Waals surface area contributed by atoms with E-state index in [4.69, 9.17) is 9.47 Å². The highest BCUT2D eigenvalue weighted by Crippen LogP contribution is 2.65. The Morgan fingerprint density at radius 1 is 1.04 bits per heavy atom. The van der Waals surface area contributed by atoms with Gasteiger partial charge in [0.25, 0.3) is 0 Å². The first-order valence-electron chi connectivity index (χ1n) is 8.63. The van der Waals surface area contributed by atoms with Gasteiger partial charge in [-0.2, -0.15) is 0 Å². The molecule has 1 spiro atoms. The normalized spacial score (nSPS) is 32.1. The first-order valence-corrected chi connectivity index (χ1v) is 8.63. The highest BCUT2D eigenvalue weighted by Gasteiger charge is 2.77. The van der Waals surface area contributed by atoms with E-state index in [1.165, 1.54) is 0 Å². The Bertz CT molecular complexity index is 885. The van der Waals surface area contributed by atoms with Crippen LogP contribution in [0.4, 0.5) is 0 Å². The highest BCUT2D eigenvalue weighted by molar-refractivity contribution is 6.09. The van der Waals surface area contributed by atoms with Crippen molar-refractivity contribution < 1.29 is 19.1 Å². The van der Waals surface area contributed by atoms with E-state index < -0.39 is 5.60 Å². The van der Waals surface area contributed by atoms with E-state index in [0.717, 1.165) is 11.3 Å². The Kier molecular flexibility index (Phi) is 2.91. The molecule has 0 N–H and O–H groups in total. The van der Waals surface area contributed by atoms with E-state index in [2.05, 4.69) is 0 Å². The summed E-state index contributed by atoms with van der Waals surface area (Å²) >= 11 is 0. The molecule has 1 heterocycles. The summed E-state index contributed by atoms with van der Waals surface area (Å²) in [6.45, 7) is 0. The molecule has 4 heteroatoms. The van der Waals surface area contributed by atoms with Gasteiger partial charge in [-0.3, -0.25) is 9.59 Å². The number of ether oxygens (including phenoxy) is 2. The van der Waals surface area contributed by atoms with Crippen LogP contribution in [0.1, 0.15) is 34.7 Å². The average Bonchev–Trinajstić information content (AvgIpc) is 3.32. The molecule has 0 saturated heterocycles. The Hall–Kier alpha value is -2.62. The molecule has 0 aromatic heterocycles. The van der Waals surface area contributed by atoms with E-state index in [1.807, 2.05) is 42.5 Å². The predicted molar refractivity (Wildman–Crippen MR) is 91.1 cm³/mol. The van der Waals surface area contributed by atoms with Crippen LogP contribution in [-0.2, 0) is 4.79 Å². The SMILES string of the molecule is COc1ccc(C2CC(=O)C3C4C(=O)c5ccccc5OC34C2)cc1. The monoisotopic (exact) mass is 334 g/mol. The summed E-state index contributed by atoms with van der Waals surface area (Å²) in [5.74, 6) is 1.13. The van der Waals surface area contributed by atoms with Crippen molar-refractivity contribution in [2.75, 3.05) is 7.11 Å². The lowest BCUT2D eigenvalue weighted by Gasteiger charge is -2.31. The molecule has 0 bridgehead atoms. The maximum atomic E-state index is 12.8. The van der Waals surface area contributed by atoms with Gasteiger partial charge in [-0.15, -0.1) is 0 Å². The third-order valence-electron chi connectivity index (χ3n) is 5.96. The van der Waals surface area contributed by atoms with Crippen molar-refractivity contribution in [3.63, 3.8) is 0 Å². The Balaban J connectivity index is 1.50. The van der Waals surface area contributed by atoms with Gasteiger partial charge in [0.05, 0.1) is 24.5 Å². The molecule has 3 aliphatic rings. The fourth-order valence-corrected chi connectivity index (χ4v) is 4.74. The molecule has 2 fully saturated rings. The van der Waals surface area contributed by atoms with Gasteiger partial charge in [-0.1, -0.05) is 24.3 Å². The molecule has 4 nitrogen and oxygen atoms in total. The van der Waals surface area contributed by atoms with Gasteiger partial charge in [0, 0.05) is 6.42 Å². The molecular formula is C21H18O4. The number of fused-ring (bicyclic) bond motifs is 2. The minimum atomic E-state index is -0.634. The summed E-state index contributed by atoms with van der Waals surface area (Å²) in [5.41, 5.74) is 1.08. The first-order chi connectivity index (χ1) is 12.1. The van der Waals surface area contributed by atoms with Crippen molar-refractivity contribution in [3.05, 3.63) is 59.7 Å². The van der Waals surface area contributed by atoms with Crippen LogP contribution >= 0.6 is 0 Å². The van der Waals surface area contributed by atoms with E-state index >= 15 is 0 Å². The molecule has 126 valence electrons. The number of hydrogen-bond acceptors (Lipinski definition) is 4. The van der Waals surface area contributed by atoms with Gasteiger partial charge >= 0.3 is 0 Å². The van der Waals surface area contributed by atoms with Crippen molar-refractivity contribution in [3.8, 4) is 11.5 Å². The number of Topliss-reactive ketones (excluding diaryl/α,β-unsaturated/α-hetero) is 2. The van der Waals surface area contributed by atoms with Gasteiger partial charge in [0.2, 0.25) is 0 Å². The van der Waals surface area contributed by atoms with E-state index in [9.17, 15) is 9.59 Å². The first kappa shape index (κ1) is 14.7. The number of rotatable bonds is 2. The van der Waals surface area contributed by atoms with Crippen LogP contribution in [0.2, 0.25) is 0 Å². The van der Waals surface area contributed by atoms with Crippen LogP contribution in [0, 0.1) is 11.8 Å². The number of methoxy groups -OCH3 is 1. The van der Waals surface area contributed by atoms with Crippen LogP contribution in [-0.4, -0.2) is 24.3 Å². The molecule has 25 heavy (non-hydrogen) atoms. The summed E-state index contributed by atoms with van der Waals surface area (Å²) in [5, 5.41) is 0. The maximum Gasteiger partial charge on any atom is 0.174 e. The fourth-order valence-electron chi connectivity index (χ4n) is 4.74. The van der Waals surface area contributed by atoms with Gasteiger partial charge < -0.3 is 9.47 Å². The van der Waals surface area contributed by atoms with Crippen LogP contribution in [0.5, 0.6) is 11.5 Å². The van der Waals surface area contributed by atoms with Gasteiger partial charge in [-0.25, -0.2) is 0 Å². The van der Waals surface area contributed by atoms with Crippen molar-refractivity contribution in [2.45, 2.75) is 24.4 Å². The third kappa shape index (κ3) is 1.94. The van der Waals surface area contributed by atoms with E-state index in [1.54, 1.807) is 13.2 Å². The molecule has 2 saturated carbocycles. The largest absolute Gasteiger partial charge is 0.497 e. The van der Waals surface area contributed by atoms with Crippen LogP contribution in [0.3, 0.4) is 0 Å². The topological polar surface area (TPSA) is 52.6 Å². The standard InChI is InChI=1S/C21H18O4/c1-24-14-8-6-12(7-9-14)13-10-16(22)18-19-20(23)15-4-2-3-5-17(15)25-21(18,19)11-13/h2-9,13,18-19H,10-11H2,1H3. The fraction of sp³-hybridized carbons (Fsp3) is 0.333. The van der Waals surface area contributed by atoms with Crippen LogP contribution in [0.25, 0.3) is 0 Å². The molecule has 4 atom stereocenters. The summed E-state index contributed by atoms with van der Waals surface area (Å²) in [6.07, 6.45) is 1.18. The Labute approximate surface area is 145 Å². The number of carbonyl (C=O) groups excluding carboxylic acids is 2. The summed E-state index contributed by atoms with van der Waals surface area (Å²) in [6, 6.07) is 15.2. The smallest absolute Gasteiger partial charge is 0.174 e. The molecule has 2 aromatic rings. The number of carbonyl (C=O) groups is 2. The molecule has 0 radical (unpaired) electrons. The molecule has 4 unspecified atom stereocenters. The van der Waals surface area contributed by atoms with Crippen molar-refractivity contribution in [2.24, 2.45) is 11.8 Å². The zero-order valence-corrected chi connectivity index (χ0v) is 13.9. The average molecular weight is 334 g/mol. The quantitative estimate of drug-likeness (QED) is 0.845. The molecule has 5 rings (SSSR count). The zero-order chi connectivity index (χ0) is 17.2. The van der Waals surface area contributed by atoms with E-state index in [-0.39, 0.29) is 29.3 Å². The van der Waals surface area contributed by atoms with Crippen molar-refractivity contribution in [1.29, 1.82) is 0 Å². The molecule has 0 amide bonds. The highest BCUT2D eigenvalue weighted by atomic mass is 16.5. The maximum absolute atomic E-state index is 12.8. The predicted octanol–water partition coefficient (Wildman–Crippen LogP) is 3.40. The summed E-state index contributed by atoms with van der Waals surface area (Å²) < 4.78 is 11.5. The second-order valence-corrected chi connectivity index (χ2v) is 7.22. The van der Waals surface area contributed by atoms with Crippen molar-refractivity contribution >= 4 is 11.6 Å². The Morgan fingerprint density at radius 3 is 2.56 bits per heavy atom. The lowest BCUT2D eigenvalue weighted by molar-refractivity contribution is -0.123. The molecule has 1 aliphatic heterocycles. The minimum absolute atomic E-state index is 0.0654. The van der Waals surface area contributed by atoms with E-state index in [0.29, 0.717) is 24.2 Å². The second-order valence-electron chi connectivity index (χ2n) is 7.22. The molecule has 2 aliphatic carbocycles. The van der Waals surface area contributed by atoms with Gasteiger partial charge in [-0.05, 0) is 42.2 Å². The van der Waals surface area contributed by atoms with Crippen LogP contribution < -0.4 is 9.47 Å². The number of ketones is 2. The zero-order valence-electron chi connectivity index (χ0n) is 13.9. The minimum Gasteiger partial charge on any atom is -0.497 e. The number of para-hydroxylation sites is 1. The second kappa shape index (κ2) is 4.94. The summed E-state index contributed by atoms with van der Waals surface area (Å²) in [7, 11) is 1.64. The molecule has 2 aromatic carbocycles. The Morgan fingerprint density at radius 2 is 1.80 bits per heavy atom. The van der Waals surface area contributed by atoms with Crippen molar-refractivity contribution in [1.82, 2.24) is 0 Å². The lowest BCUT2D eigenvalue weighted by atomic mass is 9.81. The molecular weight excluding hydrogens is 316 g/mol. The number of benzene rings is 2. The van der Waals surface area contributed by atoms with Gasteiger partial charge in [0.15, 0.2) is 5.78 Å². The summed E-state index contributed by atoms with van der Waals surface area (Å²) in [4.78, 5) is 25.6. The third-order valence-corrected chi connectivity index (χ3v) is 5.96. The van der Waals surface area contributed by atoms with Crippen LogP contribution in [0.15, 0.2) is 48.5 Å².